The van der Waals surface area contributed by atoms with Gasteiger partial charge in [0.2, 0.25) is 0 Å². The van der Waals surface area contributed by atoms with E-state index >= 15 is 0 Å². The van der Waals surface area contributed by atoms with Crippen LogP contribution in [-0.2, 0) is 28.6 Å². The summed E-state index contributed by atoms with van der Waals surface area (Å²) in [7, 11) is 0. The molecule has 6 nitrogen and oxygen atoms in total. The van der Waals surface area contributed by atoms with E-state index < -0.39 is 5.41 Å². The molecule has 6 heteroatoms. The highest BCUT2D eigenvalue weighted by molar-refractivity contribution is 5.67. The quantitative estimate of drug-likeness (QED) is 0.163. The van der Waals surface area contributed by atoms with Crippen LogP contribution in [0.3, 0.4) is 0 Å². The first-order chi connectivity index (χ1) is 19.4. The van der Waals surface area contributed by atoms with Gasteiger partial charge in [0.05, 0.1) is 0 Å². The Morgan fingerprint density at radius 3 is 2.02 bits per heavy atom. The van der Waals surface area contributed by atoms with E-state index in [-0.39, 0.29) is 64.3 Å². The van der Waals surface area contributed by atoms with Crippen molar-refractivity contribution in [3.63, 3.8) is 0 Å². The van der Waals surface area contributed by atoms with Gasteiger partial charge in [-0.25, -0.2) is 0 Å². The largest absolute Gasteiger partial charge is 0.462 e. The fourth-order valence-electron chi connectivity index (χ4n) is 10.8. The highest BCUT2D eigenvalue weighted by Crippen LogP contribution is 2.76. The molecule has 0 heterocycles. The molecule has 0 aromatic carbocycles. The molecule has 0 aromatic rings. The number of fused-ring (bicyclic) bond motifs is 5. The Kier molecular flexibility index (Phi) is 9.11. The highest BCUT2D eigenvalue weighted by atomic mass is 16.6. The number of esters is 3. The second-order valence-corrected chi connectivity index (χ2v) is 16.1. The monoisotopic (exact) mass is 586 g/mol. The molecule has 0 aliphatic heterocycles. The van der Waals surface area contributed by atoms with Crippen molar-refractivity contribution in [1.82, 2.24) is 0 Å². The number of hydrogen-bond donors (Lipinski definition) is 0. The molecule has 4 aliphatic rings. The van der Waals surface area contributed by atoms with Crippen LogP contribution in [-0.4, -0.2) is 36.2 Å². The maximum absolute atomic E-state index is 12.8. The molecule has 4 aliphatic carbocycles. The molecule has 0 aromatic heterocycles. The molecule has 42 heavy (non-hydrogen) atoms. The van der Waals surface area contributed by atoms with Crippen LogP contribution < -0.4 is 0 Å². The highest BCUT2D eigenvalue weighted by Gasteiger charge is 2.73. The molecule has 0 saturated heterocycles. The fourth-order valence-corrected chi connectivity index (χ4v) is 10.8. The molecule has 0 radical (unpaired) electrons. The molecule has 0 amide bonds. The average Bonchev–Trinajstić information content (AvgIpc) is 3.10. The average molecular weight is 587 g/mol. The summed E-state index contributed by atoms with van der Waals surface area (Å²) >= 11 is 0. The van der Waals surface area contributed by atoms with Crippen molar-refractivity contribution in [3.05, 3.63) is 11.6 Å². The first-order valence-corrected chi connectivity index (χ1v) is 16.6. The van der Waals surface area contributed by atoms with Gasteiger partial charge in [0, 0.05) is 43.9 Å². The van der Waals surface area contributed by atoms with E-state index in [1.54, 1.807) is 0 Å². The molecule has 238 valence electrons. The van der Waals surface area contributed by atoms with Crippen molar-refractivity contribution >= 4 is 17.9 Å². The van der Waals surface area contributed by atoms with E-state index in [1.807, 2.05) is 0 Å². The van der Waals surface area contributed by atoms with Crippen LogP contribution in [0.15, 0.2) is 11.6 Å². The minimum absolute atomic E-state index is 0.00781. The van der Waals surface area contributed by atoms with E-state index in [1.165, 1.54) is 45.6 Å². The second kappa shape index (κ2) is 11.6. The molecule has 3 fully saturated rings. The lowest BCUT2D eigenvalue weighted by molar-refractivity contribution is -0.234. The molecular weight excluding hydrogens is 528 g/mol. The SMILES string of the molecule is CC(=O)O[C@H]1CC=C2[C@@H](C[C@@H](OC(C)=O)[C@@H]3[C@@]2(C)[C@@H](OC(C)=O)C[C@]2(C)[C@@H]([C@H](C)CCCC(C)C)CC[C@@]32C)C1(C)C. The van der Waals surface area contributed by atoms with Crippen LogP contribution >= 0.6 is 0 Å². The molecule has 10 atom stereocenters. The number of rotatable bonds is 8. The number of ether oxygens (including phenoxy) is 3. The predicted molar refractivity (Wildman–Crippen MR) is 164 cm³/mol. The summed E-state index contributed by atoms with van der Waals surface area (Å²) in [5, 5.41) is 0. The molecule has 0 bridgehead atoms. The van der Waals surface area contributed by atoms with Gasteiger partial charge in [0.1, 0.15) is 18.3 Å². The van der Waals surface area contributed by atoms with Crippen molar-refractivity contribution in [3.8, 4) is 0 Å². The first kappa shape index (κ1) is 33.1. The summed E-state index contributed by atoms with van der Waals surface area (Å²) in [6, 6.07) is 0. The van der Waals surface area contributed by atoms with Crippen LogP contribution in [0.2, 0.25) is 0 Å². The number of carbonyl (C=O) groups is 3. The van der Waals surface area contributed by atoms with Gasteiger partial charge in [-0.3, -0.25) is 14.4 Å². The third-order valence-electron chi connectivity index (χ3n) is 12.9. The van der Waals surface area contributed by atoms with Crippen molar-refractivity contribution < 1.29 is 28.6 Å². The second-order valence-electron chi connectivity index (χ2n) is 16.1. The van der Waals surface area contributed by atoms with Crippen LogP contribution in [0.5, 0.6) is 0 Å². The predicted octanol–water partition coefficient (Wildman–Crippen LogP) is 8.07. The zero-order valence-corrected chi connectivity index (χ0v) is 28.3. The lowest BCUT2D eigenvalue weighted by atomic mass is 9.37. The molecule has 0 unspecified atom stereocenters. The van der Waals surface area contributed by atoms with Crippen molar-refractivity contribution in [2.75, 3.05) is 0 Å². The van der Waals surface area contributed by atoms with Crippen molar-refractivity contribution in [2.45, 2.75) is 146 Å². The van der Waals surface area contributed by atoms with Gasteiger partial charge in [0.15, 0.2) is 0 Å². The van der Waals surface area contributed by atoms with Crippen LogP contribution in [0, 0.1) is 51.2 Å². The minimum atomic E-state index is -0.503. The zero-order chi connectivity index (χ0) is 31.4. The van der Waals surface area contributed by atoms with Crippen LogP contribution in [0.1, 0.15) is 128 Å². The summed E-state index contributed by atoms with van der Waals surface area (Å²) in [6.45, 7) is 23.1. The Hall–Kier alpha value is -1.85. The van der Waals surface area contributed by atoms with Crippen molar-refractivity contribution in [1.29, 1.82) is 0 Å². The maximum Gasteiger partial charge on any atom is 0.302 e. The topological polar surface area (TPSA) is 78.9 Å². The molecule has 0 spiro atoms. The number of hydrogen-bond acceptors (Lipinski definition) is 6. The van der Waals surface area contributed by atoms with E-state index in [0.29, 0.717) is 30.6 Å². The Labute approximate surface area is 255 Å². The normalized spacial score (nSPS) is 41.1. The zero-order valence-electron chi connectivity index (χ0n) is 28.3. The van der Waals surface area contributed by atoms with E-state index in [0.717, 1.165) is 19.3 Å². The van der Waals surface area contributed by atoms with Gasteiger partial charge in [-0.05, 0) is 60.2 Å². The Morgan fingerprint density at radius 2 is 1.45 bits per heavy atom. The maximum atomic E-state index is 12.8. The first-order valence-electron chi connectivity index (χ1n) is 16.6. The molecule has 4 rings (SSSR count). The van der Waals surface area contributed by atoms with Crippen LogP contribution in [0.4, 0.5) is 0 Å². The summed E-state index contributed by atoms with van der Waals surface area (Å²) in [5.74, 6) is 1.02. The van der Waals surface area contributed by atoms with Crippen molar-refractivity contribution in [2.24, 2.45) is 51.2 Å². The third-order valence-corrected chi connectivity index (χ3v) is 12.9. The van der Waals surface area contributed by atoms with E-state index in [4.69, 9.17) is 14.2 Å². The summed E-state index contributed by atoms with van der Waals surface area (Å²) in [6.07, 6.45) is 9.41. The van der Waals surface area contributed by atoms with Gasteiger partial charge in [-0.1, -0.05) is 86.3 Å². The van der Waals surface area contributed by atoms with Gasteiger partial charge >= 0.3 is 17.9 Å². The summed E-state index contributed by atoms with van der Waals surface area (Å²) in [4.78, 5) is 37.5. The Balaban J connectivity index is 1.84. The van der Waals surface area contributed by atoms with Gasteiger partial charge in [-0.15, -0.1) is 0 Å². The lowest BCUT2D eigenvalue weighted by Gasteiger charge is -2.68. The number of carbonyl (C=O) groups excluding carboxylic acids is 3. The minimum Gasteiger partial charge on any atom is -0.462 e. The Bertz CT molecular complexity index is 1090. The smallest absolute Gasteiger partial charge is 0.302 e. The standard InChI is InChI=1S/C36H58O6/c1-21(2)13-12-14-22(3)26-17-18-34(9)32-29(40-23(4)37)19-28-27(15-16-30(33(28,7)8)41-24(5)38)36(32,11)31(42-25(6)39)20-35(26,34)10/h15,21-22,26,28-32H,12-14,16-20H2,1-11H3/t22-,26-,28-,29-,30+,31+,32+,34+,35-,36-/m1/s1. The van der Waals surface area contributed by atoms with Crippen LogP contribution in [0.25, 0.3) is 0 Å². The Morgan fingerprint density at radius 1 is 0.857 bits per heavy atom. The lowest BCUT2D eigenvalue weighted by Crippen LogP contribution is -2.68. The fraction of sp³-hybridized carbons (Fsp3) is 0.861. The van der Waals surface area contributed by atoms with Gasteiger partial charge in [0.25, 0.3) is 0 Å². The van der Waals surface area contributed by atoms with E-state index in [2.05, 4.69) is 61.5 Å². The van der Waals surface area contributed by atoms with Gasteiger partial charge < -0.3 is 14.2 Å². The molecule has 3 saturated carbocycles. The molecule has 0 N–H and O–H groups in total. The summed E-state index contributed by atoms with van der Waals surface area (Å²) in [5.41, 5.74) is 0.265. The molecular formula is C36H58O6. The third kappa shape index (κ3) is 5.36. The van der Waals surface area contributed by atoms with Gasteiger partial charge in [-0.2, -0.15) is 0 Å². The van der Waals surface area contributed by atoms with E-state index in [9.17, 15) is 14.4 Å². The summed E-state index contributed by atoms with van der Waals surface area (Å²) < 4.78 is 18.6.